The van der Waals surface area contributed by atoms with Crippen LogP contribution in [-0.4, -0.2) is 35.9 Å². The molecule has 0 fully saturated rings. The number of hydrogen-bond acceptors (Lipinski definition) is 3. The first-order chi connectivity index (χ1) is 16.8. The van der Waals surface area contributed by atoms with Gasteiger partial charge in [0.2, 0.25) is 5.91 Å². The third-order valence-corrected chi connectivity index (χ3v) is 5.41. The van der Waals surface area contributed by atoms with Crippen molar-refractivity contribution in [3.05, 3.63) is 102 Å². The summed E-state index contributed by atoms with van der Waals surface area (Å²) in [6, 6.07) is 20.1. The van der Waals surface area contributed by atoms with Gasteiger partial charge in [-0.15, -0.1) is 0 Å². The smallest absolute Gasteiger partial charge is 0.261 e. The molecule has 0 heterocycles. The Kier molecular flexibility index (Phi) is 9.35. The van der Waals surface area contributed by atoms with E-state index in [-0.39, 0.29) is 30.5 Å². The fraction of sp³-hybridized carbons (Fsp3) is 0.286. The third-order valence-electron chi connectivity index (χ3n) is 5.41. The zero-order valence-corrected chi connectivity index (χ0v) is 19.9. The largest absolute Gasteiger partial charge is 0.481 e. The topological polar surface area (TPSA) is 58.6 Å². The van der Waals surface area contributed by atoms with Gasteiger partial charge in [-0.05, 0) is 41.3 Å². The summed E-state index contributed by atoms with van der Waals surface area (Å²) in [5.74, 6) is -1.60. The third kappa shape index (κ3) is 7.91. The SMILES string of the molecule is CC(C)CNC(=O)C(Cc1ccccc1)N(Cc1ccc(F)cc1)C(=O)COc1ccccc1F. The number of carbonyl (C=O) groups excluding carboxylic acids is 2. The van der Waals surface area contributed by atoms with Gasteiger partial charge in [-0.2, -0.15) is 0 Å². The Balaban J connectivity index is 1.90. The molecule has 0 radical (unpaired) electrons. The number of hydrogen-bond donors (Lipinski definition) is 1. The molecule has 0 aliphatic carbocycles. The molecule has 5 nitrogen and oxygen atoms in total. The van der Waals surface area contributed by atoms with E-state index in [0.717, 1.165) is 5.56 Å². The second-order valence-electron chi connectivity index (χ2n) is 8.71. The van der Waals surface area contributed by atoms with Gasteiger partial charge in [0.05, 0.1) is 0 Å². The van der Waals surface area contributed by atoms with Gasteiger partial charge >= 0.3 is 0 Å². The molecule has 2 amide bonds. The van der Waals surface area contributed by atoms with Gasteiger partial charge in [-0.25, -0.2) is 8.78 Å². The molecule has 184 valence electrons. The molecule has 0 saturated heterocycles. The molecular formula is C28H30F2N2O3. The molecule has 3 aromatic carbocycles. The fourth-order valence-electron chi connectivity index (χ4n) is 3.55. The predicted octanol–water partition coefficient (Wildman–Crippen LogP) is 4.76. The quantitative estimate of drug-likeness (QED) is 0.431. The highest BCUT2D eigenvalue weighted by Crippen LogP contribution is 2.18. The number of carbonyl (C=O) groups is 2. The Morgan fingerprint density at radius 2 is 1.54 bits per heavy atom. The van der Waals surface area contributed by atoms with E-state index in [1.807, 2.05) is 44.2 Å². The zero-order valence-electron chi connectivity index (χ0n) is 19.9. The molecule has 3 aromatic rings. The number of para-hydroxylation sites is 1. The van der Waals surface area contributed by atoms with Crippen LogP contribution in [0.3, 0.4) is 0 Å². The first kappa shape index (κ1) is 25.9. The maximum Gasteiger partial charge on any atom is 0.261 e. The van der Waals surface area contributed by atoms with Gasteiger partial charge in [0, 0.05) is 19.5 Å². The molecule has 0 aliphatic rings. The first-order valence-electron chi connectivity index (χ1n) is 11.6. The zero-order chi connectivity index (χ0) is 25.2. The van der Waals surface area contributed by atoms with E-state index in [2.05, 4.69) is 5.32 Å². The van der Waals surface area contributed by atoms with E-state index >= 15 is 0 Å². The minimum atomic E-state index is -0.849. The van der Waals surface area contributed by atoms with Crippen LogP contribution in [0.25, 0.3) is 0 Å². The maximum absolute atomic E-state index is 14.0. The van der Waals surface area contributed by atoms with Crippen molar-refractivity contribution in [2.24, 2.45) is 5.92 Å². The van der Waals surface area contributed by atoms with Crippen molar-refractivity contribution in [3.8, 4) is 5.75 Å². The average molecular weight is 481 g/mol. The van der Waals surface area contributed by atoms with Crippen LogP contribution >= 0.6 is 0 Å². The lowest BCUT2D eigenvalue weighted by atomic mass is 10.0. The van der Waals surface area contributed by atoms with E-state index in [9.17, 15) is 18.4 Å². The van der Waals surface area contributed by atoms with Crippen LogP contribution in [0.5, 0.6) is 5.75 Å². The number of nitrogens with one attached hydrogen (secondary N) is 1. The highest BCUT2D eigenvalue weighted by molar-refractivity contribution is 5.88. The van der Waals surface area contributed by atoms with Crippen LogP contribution in [0.2, 0.25) is 0 Å². The molecule has 1 atom stereocenters. The second kappa shape index (κ2) is 12.6. The van der Waals surface area contributed by atoms with Gasteiger partial charge in [0.15, 0.2) is 18.2 Å². The van der Waals surface area contributed by atoms with E-state index in [0.29, 0.717) is 12.1 Å². The summed E-state index contributed by atoms with van der Waals surface area (Å²) in [4.78, 5) is 28.1. The molecule has 1 N–H and O–H groups in total. The number of benzene rings is 3. The van der Waals surface area contributed by atoms with Crippen LogP contribution in [0.1, 0.15) is 25.0 Å². The summed E-state index contributed by atoms with van der Waals surface area (Å²) in [7, 11) is 0. The standard InChI is InChI=1S/C28H30F2N2O3/c1-20(2)17-31-28(34)25(16-21-8-4-3-5-9-21)32(18-22-12-14-23(29)15-13-22)27(33)19-35-26-11-7-6-10-24(26)30/h3-15,20,25H,16-19H2,1-2H3,(H,31,34). The molecular weight excluding hydrogens is 450 g/mol. The van der Waals surface area contributed by atoms with E-state index < -0.39 is 30.2 Å². The summed E-state index contributed by atoms with van der Waals surface area (Å²) in [6.45, 7) is 4.03. The van der Waals surface area contributed by atoms with Crippen LogP contribution in [0.4, 0.5) is 8.78 Å². The molecule has 0 bridgehead atoms. The van der Waals surface area contributed by atoms with Crippen molar-refractivity contribution >= 4 is 11.8 Å². The summed E-state index contributed by atoms with van der Waals surface area (Å²) < 4.78 is 33.0. The van der Waals surface area contributed by atoms with Crippen LogP contribution < -0.4 is 10.1 Å². The van der Waals surface area contributed by atoms with Gasteiger partial charge in [-0.3, -0.25) is 9.59 Å². The Hall–Kier alpha value is -3.74. The Morgan fingerprint density at radius 1 is 0.886 bits per heavy atom. The highest BCUT2D eigenvalue weighted by Gasteiger charge is 2.31. The van der Waals surface area contributed by atoms with Crippen molar-refractivity contribution in [1.82, 2.24) is 10.2 Å². The molecule has 0 spiro atoms. The molecule has 0 saturated carbocycles. The van der Waals surface area contributed by atoms with E-state index in [1.165, 1.54) is 35.2 Å². The fourth-order valence-corrected chi connectivity index (χ4v) is 3.55. The van der Waals surface area contributed by atoms with Crippen LogP contribution in [0, 0.1) is 17.6 Å². The normalized spacial score (nSPS) is 11.7. The summed E-state index contributed by atoms with van der Waals surface area (Å²) in [5, 5.41) is 2.92. The minimum absolute atomic E-state index is 0.0496. The Morgan fingerprint density at radius 3 is 2.20 bits per heavy atom. The average Bonchev–Trinajstić information content (AvgIpc) is 2.85. The molecule has 0 aromatic heterocycles. The van der Waals surface area contributed by atoms with Crippen LogP contribution in [0.15, 0.2) is 78.9 Å². The molecule has 35 heavy (non-hydrogen) atoms. The number of ether oxygens (including phenoxy) is 1. The highest BCUT2D eigenvalue weighted by atomic mass is 19.1. The Bertz CT molecular complexity index is 1100. The lowest BCUT2D eigenvalue weighted by Crippen LogP contribution is -2.52. The Labute approximate surface area is 204 Å². The van der Waals surface area contributed by atoms with Crippen molar-refractivity contribution in [2.75, 3.05) is 13.2 Å². The summed E-state index contributed by atoms with van der Waals surface area (Å²) >= 11 is 0. The van der Waals surface area contributed by atoms with Gasteiger partial charge < -0.3 is 15.0 Å². The van der Waals surface area contributed by atoms with Gasteiger partial charge in [0.25, 0.3) is 5.91 Å². The summed E-state index contributed by atoms with van der Waals surface area (Å²) in [5.41, 5.74) is 1.53. The van der Waals surface area contributed by atoms with Crippen molar-refractivity contribution in [1.29, 1.82) is 0 Å². The second-order valence-corrected chi connectivity index (χ2v) is 8.71. The lowest BCUT2D eigenvalue weighted by molar-refractivity contribution is -0.142. The molecule has 1 unspecified atom stereocenters. The van der Waals surface area contributed by atoms with E-state index in [4.69, 9.17) is 4.74 Å². The first-order valence-corrected chi connectivity index (χ1v) is 11.6. The molecule has 3 rings (SSSR count). The lowest BCUT2D eigenvalue weighted by Gasteiger charge is -2.31. The van der Waals surface area contributed by atoms with Gasteiger partial charge in [0.1, 0.15) is 11.9 Å². The maximum atomic E-state index is 14.0. The van der Waals surface area contributed by atoms with E-state index in [1.54, 1.807) is 18.2 Å². The van der Waals surface area contributed by atoms with Crippen molar-refractivity contribution in [2.45, 2.75) is 32.9 Å². The van der Waals surface area contributed by atoms with Crippen molar-refractivity contribution in [3.63, 3.8) is 0 Å². The number of nitrogens with zero attached hydrogens (tertiary/aromatic N) is 1. The van der Waals surface area contributed by atoms with Gasteiger partial charge in [-0.1, -0.05) is 68.4 Å². The monoisotopic (exact) mass is 480 g/mol. The predicted molar refractivity (Wildman–Crippen MR) is 131 cm³/mol. The van der Waals surface area contributed by atoms with Crippen molar-refractivity contribution < 1.29 is 23.1 Å². The molecule has 7 heteroatoms. The number of halogens is 2. The number of rotatable bonds is 11. The summed E-state index contributed by atoms with van der Waals surface area (Å²) in [6.07, 6.45) is 0.275. The number of amides is 2. The van der Waals surface area contributed by atoms with Crippen LogP contribution in [-0.2, 0) is 22.6 Å². The minimum Gasteiger partial charge on any atom is -0.481 e. The molecule has 0 aliphatic heterocycles.